The summed E-state index contributed by atoms with van der Waals surface area (Å²) in [6.07, 6.45) is 0. The molecule has 15 heavy (non-hydrogen) atoms. The fraction of sp³-hybridized carbons (Fsp3) is 0.500. The fourth-order valence-corrected chi connectivity index (χ4v) is 1.48. The molecule has 3 heteroatoms. The van der Waals surface area contributed by atoms with Gasteiger partial charge in [0.05, 0.1) is 6.61 Å². The van der Waals surface area contributed by atoms with Crippen LogP contribution in [0.15, 0.2) is 18.2 Å². The standard InChI is InChI=1S/C12H18ClNO/c1-4-15-8-10(3)14-11-6-5-9(2)12(13)7-11/h5-7,10,14H,4,8H2,1-3H3. The van der Waals surface area contributed by atoms with Crippen LogP contribution in [0.1, 0.15) is 19.4 Å². The maximum atomic E-state index is 6.03. The van der Waals surface area contributed by atoms with E-state index in [1.54, 1.807) is 0 Å². The second-order valence-electron chi connectivity index (χ2n) is 3.67. The molecule has 0 spiro atoms. The minimum absolute atomic E-state index is 0.295. The van der Waals surface area contributed by atoms with Crippen LogP contribution >= 0.6 is 11.6 Å². The number of hydrogen-bond acceptors (Lipinski definition) is 2. The molecule has 0 radical (unpaired) electrons. The molecule has 0 bridgehead atoms. The third-order valence-electron chi connectivity index (χ3n) is 2.16. The molecular weight excluding hydrogens is 210 g/mol. The van der Waals surface area contributed by atoms with Crippen molar-refractivity contribution in [3.05, 3.63) is 28.8 Å². The average Bonchev–Trinajstić information content (AvgIpc) is 2.20. The Labute approximate surface area is 96.6 Å². The van der Waals surface area contributed by atoms with Gasteiger partial charge < -0.3 is 10.1 Å². The van der Waals surface area contributed by atoms with Crippen molar-refractivity contribution in [2.75, 3.05) is 18.5 Å². The Balaban J connectivity index is 2.53. The van der Waals surface area contributed by atoms with E-state index in [2.05, 4.69) is 12.2 Å². The average molecular weight is 228 g/mol. The van der Waals surface area contributed by atoms with Gasteiger partial charge in [-0.3, -0.25) is 0 Å². The molecule has 0 aliphatic rings. The number of nitrogens with one attached hydrogen (secondary N) is 1. The molecule has 0 fully saturated rings. The van der Waals surface area contributed by atoms with Crippen molar-refractivity contribution >= 4 is 17.3 Å². The lowest BCUT2D eigenvalue weighted by molar-refractivity contribution is 0.141. The van der Waals surface area contributed by atoms with E-state index >= 15 is 0 Å². The van der Waals surface area contributed by atoms with Crippen LogP contribution in [0.25, 0.3) is 0 Å². The highest BCUT2D eigenvalue weighted by atomic mass is 35.5. The van der Waals surface area contributed by atoms with Gasteiger partial charge in [-0.05, 0) is 38.5 Å². The van der Waals surface area contributed by atoms with Crippen LogP contribution in [0.5, 0.6) is 0 Å². The molecule has 0 saturated carbocycles. The molecule has 1 rings (SSSR count). The van der Waals surface area contributed by atoms with Gasteiger partial charge in [0.1, 0.15) is 0 Å². The number of rotatable bonds is 5. The minimum Gasteiger partial charge on any atom is -0.380 e. The van der Waals surface area contributed by atoms with Crippen LogP contribution in [-0.2, 0) is 4.74 Å². The number of benzene rings is 1. The summed E-state index contributed by atoms with van der Waals surface area (Å²) in [6.45, 7) is 7.54. The molecule has 0 amide bonds. The zero-order chi connectivity index (χ0) is 11.3. The fourth-order valence-electron chi connectivity index (χ4n) is 1.30. The molecule has 2 nitrogen and oxygen atoms in total. The Morgan fingerprint density at radius 3 is 2.80 bits per heavy atom. The summed E-state index contributed by atoms with van der Waals surface area (Å²) in [5.74, 6) is 0. The van der Waals surface area contributed by atoms with Gasteiger partial charge in [0.15, 0.2) is 0 Å². The van der Waals surface area contributed by atoms with Gasteiger partial charge in [-0.2, -0.15) is 0 Å². The molecule has 84 valence electrons. The van der Waals surface area contributed by atoms with Crippen molar-refractivity contribution in [3.8, 4) is 0 Å². The molecule has 1 aromatic rings. The van der Waals surface area contributed by atoms with Gasteiger partial charge in [-0.15, -0.1) is 0 Å². The Bertz CT molecular complexity index is 314. The number of aryl methyl sites for hydroxylation is 1. The van der Waals surface area contributed by atoms with Crippen LogP contribution in [0.3, 0.4) is 0 Å². The van der Waals surface area contributed by atoms with E-state index in [1.165, 1.54) is 0 Å². The van der Waals surface area contributed by atoms with E-state index in [1.807, 2.05) is 32.0 Å². The van der Waals surface area contributed by atoms with Crippen molar-refractivity contribution < 1.29 is 4.74 Å². The second-order valence-corrected chi connectivity index (χ2v) is 4.08. The summed E-state index contributed by atoms with van der Waals surface area (Å²) in [7, 11) is 0. The quantitative estimate of drug-likeness (QED) is 0.832. The highest BCUT2D eigenvalue weighted by Gasteiger charge is 2.03. The van der Waals surface area contributed by atoms with E-state index in [-0.39, 0.29) is 0 Å². The second kappa shape index (κ2) is 5.99. The Hall–Kier alpha value is -0.730. The van der Waals surface area contributed by atoms with Gasteiger partial charge in [-0.1, -0.05) is 17.7 Å². The number of anilines is 1. The SMILES string of the molecule is CCOCC(C)Nc1ccc(C)c(Cl)c1. The molecule has 0 saturated heterocycles. The van der Waals surface area contributed by atoms with Crippen LogP contribution < -0.4 is 5.32 Å². The molecule has 0 aliphatic heterocycles. The van der Waals surface area contributed by atoms with E-state index in [0.29, 0.717) is 12.6 Å². The smallest absolute Gasteiger partial charge is 0.0664 e. The number of halogens is 1. The largest absolute Gasteiger partial charge is 0.380 e. The lowest BCUT2D eigenvalue weighted by Crippen LogP contribution is -2.21. The summed E-state index contributed by atoms with van der Waals surface area (Å²) in [5, 5.41) is 4.13. The first kappa shape index (κ1) is 12.3. The first-order valence-electron chi connectivity index (χ1n) is 5.24. The van der Waals surface area contributed by atoms with Crippen molar-refractivity contribution in [3.63, 3.8) is 0 Å². The van der Waals surface area contributed by atoms with Crippen LogP contribution in [-0.4, -0.2) is 19.3 Å². The lowest BCUT2D eigenvalue weighted by atomic mass is 10.2. The highest BCUT2D eigenvalue weighted by Crippen LogP contribution is 2.20. The number of hydrogen-bond donors (Lipinski definition) is 1. The first-order valence-corrected chi connectivity index (χ1v) is 5.61. The normalized spacial score (nSPS) is 12.5. The van der Waals surface area contributed by atoms with Crippen molar-refractivity contribution in [1.82, 2.24) is 0 Å². The zero-order valence-corrected chi connectivity index (χ0v) is 10.3. The molecule has 1 atom stereocenters. The van der Waals surface area contributed by atoms with Crippen LogP contribution in [0.4, 0.5) is 5.69 Å². The Morgan fingerprint density at radius 1 is 1.47 bits per heavy atom. The van der Waals surface area contributed by atoms with E-state index in [9.17, 15) is 0 Å². The predicted octanol–water partition coefficient (Wildman–Crippen LogP) is 3.49. The van der Waals surface area contributed by atoms with Crippen molar-refractivity contribution in [2.24, 2.45) is 0 Å². The van der Waals surface area contributed by atoms with Gasteiger partial charge in [0.2, 0.25) is 0 Å². The molecule has 1 N–H and O–H groups in total. The van der Waals surface area contributed by atoms with Crippen LogP contribution in [0, 0.1) is 6.92 Å². The van der Waals surface area contributed by atoms with Gasteiger partial charge >= 0.3 is 0 Å². The summed E-state index contributed by atoms with van der Waals surface area (Å²) >= 11 is 6.03. The lowest BCUT2D eigenvalue weighted by Gasteiger charge is -2.15. The van der Waals surface area contributed by atoms with Crippen LogP contribution in [0.2, 0.25) is 5.02 Å². The highest BCUT2D eigenvalue weighted by molar-refractivity contribution is 6.31. The van der Waals surface area contributed by atoms with Crippen molar-refractivity contribution in [1.29, 1.82) is 0 Å². The minimum atomic E-state index is 0.295. The zero-order valence-electron chi connectivity index (χ0n) is 9.51. The van der Waals surface area contributed by atoms with Gasteiger partial charge in [0.25, 0.3) is 0 Å². The molecule has 0 aromatic heterocycles. The summed E-state index contributed by atoms with van der Waals surface area (Å²) < 4.78 is 5.33. The third-order valence-corrected chi connectivity index (χ3v) is 2.56. The Kier molecular flexibility index (Phi) is 4.92. The molecule has 1 aromatic carbocycles. The Morgan fingerprint density at radius 2 is 2.20 bits per heavy atom. The third kappa shape index (κ3) is 4.10. The molecule has 0 aliphatic carbocycles. The number of ether oxygens (including phenoxy) is 1. The predicted molar refractivity (Wildman–Crippen MR) is 65.8 cm³/mol. The van der Waals surface area contributed by atoms with E-state index < -0.39 is 0 Å². The van der Waals surface area contributed by atoms with E-state index in [0.717, 1.165) is 22.9 Å². The summed E-state index contributed by atoms with van der Waals surface area (Å²) in [4.78, 5) is 0. The maximum absolute atomic E-state index is 6.03. The molecular formula is C12H18ClNO. The monoisotopic (exact) mass is 227 g/mol. The molecule has 0 heterocycles. The summed E-state index contributed by atoms with van der Waals surface area (Å²) in [5.41, 5.74) is 2.14. The topological polar surface area (TPSA) is 21.3 Å². The first-order chi connectivity index (χ1) is 7.13. The molecule has 1 unspecified atom stereocenters. The summed E-state index contributed by atoms with van der Waals surface area (Å²) in [6, 6.07) is 6.28. The van der Waals surface area contributed by atoms with Crippen molar-refractivity contribution in [2.45, 2.75) is 26.8 Å². The maximum Gasteiger partial charge on any atom is 0.0664 e. The van der Waals surface area contributed by atoms with Gasteiger partial charge in [-0.25, -0.2) is 0 Å². The van der Waals surface area contributed by atoms with Gasteiger partial charge in [0, 0.05) is 23.4 Å². The van der Waals surface area contributed by atoms with E-state index in [4.69, 9.17) is 16.3 Å².